The van der Waals surface area contributed by atoms with E-state index >= 15 is 0 Å². The van der Waals surface area contributed by atoms with E-state index in [4.69, 9.17) is 9.47 Å². The van der Waals surface area contributed by atoms with Gasteiger partial charge in [-0.2, -0.15) is 13.2 Å². The van der Waals surface area contributed by atoms with Gasteiger partial charge in [0.25, 0.3) is 5.91 Å². The van der Waals surface area contributed by atoms with Gasteiger partial charge >= 0.3 is 6.18 Å². The van der Waals surface area contributed by atoms with Crippen LogP contribution in [0.5, 0.6) is 5.75 Å². The first kappa shape index (κ1) is 26.9. The zero-order valence-corrected chi connectivity index (χ0v) is 21.3. The monoisotopic (exact) mass is 549 g/mol. The van der Waals surface area contributed by atoms with Gasteiger partial charge in [0.15, 0.2) is 0 Å². The third-order valence-electron chi connectivity index (χ3n) is 6.92. The summed E-state index contributed by atoms with van der Waals surface area (Å²) in [5, 5.41) is 2.63. The summed E-state index contributed by atoms with van der Waals surface area (Å²) in [6.45, 7) is 1.58. The van der Waals surface area contributed by atoms with Crippen LogP contribution in [-0.2, 0) is 15.7 Å². The number of likely N-dealkylation sites (tertiary alicyclic amines) is 1. The summed E-state index contributed by atoms with van der Waals surface area (Å²) >= 11 is 0. The number of aromatic amines is 1. The first-order valence-electron chi connectivity index (χ1n) is 12.5. The predicted molar refractivity (Wildman–Crippen MR) is 132 cm³/mol. The van der Waals surface area contributed by atoms with Gasteiger partial charge in [-0.25, -0.2) is 14.4 Å². The molecule has 9 nitrogen and oxygen atoms in total. The quantitative estimate of drug-likeness (QED) is 0.415. The fourth-order valence-corrected chi connectivity index (χ4v) is 4.67. The van der Waals surface area contributed by atoms with E-state index in [1.54, 1.807) is 6.92 Å². The van der Waals surface area contributed by atoms with E-state index in [9.17, 15) is 27.2 Å². The minimum Gasteiger partial charge on any atom is -0.493 e. The number of alkyl halides is 4. The van der Waals surface area contributed by atoms with E-state index in [2.05, 4.69) is 20.3 Å². The Balaban J connectivity index is 1.48. The Kier molecular flexibility index (Phi) is 7.19. The highest BCUT2D eigenvalue weighted by Crippen LogP contribution is 2.40. The lowest BCUT2D eigenvalue weighted by molar-refractivity contribution is -0.137. The maximum Gasteiger partial charge on any atom is 0.416 e. The van der Waals surface area contributed by atoms with Crippen molar-refractivity contribution < 1.29 is 36.6 Å². The molecule has 2 fully saturated rings. The SMILES string of the molecule is COCC(=O)N1C[C@@H](F)[C@H](NC(=O)c2c(C)[nH]c3c(-c4cc(C(F)(F)F)ccc4OCC4CC4)ncnc23)C1. The highest BCUT2D eigenvalue weighted by atomic mass is 19.4. The molecule has 1 saturated carbocycles. The summed E-state index contributed by atoms with van der Waals surface area (Å²) in [6, 6.07) is 2.25. The normalized spacial score (nSPS) is 19.5. The molecule has 2 atom stereocenters. The number of benzene rings is 1. The summed E-state index contributed by atoms with van der Waals surface area (Å²) in [5.74, 6) is -0.422. The Bertz CT molecular complexity index is 1400. The minimum atomic E-state index is -4.59. The predicted octanol–water partition coefficient (Wildman–Crippen LogP) is 3.67. The Morgan fingerprint density at radius 3 is 2.67 bits per heavy atom. The fraction of sp³-hybridized carbons (Fsp3) is 0.462. The number of ether oxygens (including phenoxy) is 2. The number of rotatable bonds is 8. The molecular weight excluding hydrogens is 522 g/mol. The van der Waals surface area contributed by atoms with Crippen molar-refractivity contribution in [1.82, 2.24) is 25.2 Å². The first-order valence-corrected chi connectivity index (χ1v) is 12.5. The number of fused-ring (bicyclic) bond motifs is 1. The summed E-state index contributed by atoms with van der Waals surface area (Å²) in [6.07, 6.45) is -2.91. The van der Waals surface area contributed by atoms with Crippen LogP contribution >= 0.6 is 0 Å². The second-order valence-electron chi connectivity index (χ2n) is 9.86. The molecule has 0 radical (unpaired) electrons. The lowest BCUT2D eigenvalue weighted by Crippen LogP contribution is -2.42. The van der Waals surface area contributed by atoms with Gasteiger partial charge in [0, 0.05) is 24.9 Å². The second-order valence-corrected chi connectivity index (χ2v) is 9.86. The van der Waals surface area contributed by atoms with Crippen LogP contribution in [0.25, 0.3) is 22.3 Å². The van der Waals surface area contributed by atoms with Crippen molar-refractivity contribution in [2.24, 2.45) is 5.92 Å². The largest absolute Gasteiger partial charge is 0.493 e. The summed E-state index contributed by atoms with van der Waals surface area (Å²) < 4.78 is 66.1. The van der Waals surface area contributed by atoms with Gasteiger partial charge in [-0.15, -0.1) is 0 Å². The fourth-order valence-electron chi connectivity index (χ4n) is 4.67. The molecule has 13 heteroatoms. The van der Waals surface area contributed by atoms with Crippen molar-refractivity contribution in [2.75, 3.05) is 33.4 Å². The molecule has 3 aromatic rings. The molecule has 1 aliphatic carbocycles. The smallest absolute Gasteiger partial charge is 0.416 e. The molecule has 1 aliphatic heterocycles. The van der Waals surface area contributed by atoms with Crippen LogP contribution in [0.4, 0.5) is 17.6 Å². The molecule has 3 heterocycles. The van der Waals surface area contributed by atoms with E-state index in [0.717, 1.165) is 31.3 Å². The summed E-state index contributed by atoms with van der Waals surface area (Å²) in [5.41, 5.74) is 0.272. The van der Waals surface area contributed by atoms with Crippen LogP contribution in [0.15, 0.2) is 24.5 Å². The number of nitrogens with one attached hydrogen (secondary N) is 2. The van der Waals surface area contributed by atoms with E-state index in [1.807, 2.05) is 0 Å². The van der Waals surface area contributed by atoms with E-state index in [-0.39, 0.29) is 53.3 Å². The van der Waals surface area contributed by atoms with Crippen molar-refractivity contribution in [3.8, 4) is 17.0 Å². The van der Waals surface area contributed by atoms with Gasteiger partial charge in [0.2, 0.25) is 5.91 Å². The molecule has 39 heavy (non-hydrogen) atoms. The van der Waals surface area contributed by atoms with E-state index in [1.165, 1.54) is 18.1 Å². The molecule has 208 valence electrons. The molecule has 1 aromatic carbocycles. The molecule has 2 aromatic heterocycles. The van der Waals surface area contributed by atoms with Gasteiger partial charge in [0.05, 0.1) is 35.8 Å². The first-order chi connectivity index (χ1) is 18.6. The number of nitrogens with zero attached hydrogens (tertiary/aromatic N) is 3. The molecule has 1 saturated heterocycles. The van der Waals surface area contributed by atoms with Gasteiger partial charge in [-0.3, -0.25) is 9.59 Å². The maximum absolute atomic E-state index is 14.7. The van der Waals surface area contributed by atoms with Crippen molar-refractivity contribution in [3.05, 3.63) is 41.3 Å². The number of aryl methyl sites for hydroxylation is 1. The summed E-state index contributed by atoms with van der Waals surface area (Å²) in [4.78, 5) is 38.1. The maximum atomic E-state index is 14.7. The Hall–Kier alpha value is -3.74. The number of halogens is 4. The van der Waals surface area contributed by atoms with Crippen molar-refractivity contribution >= 4 is 22.8 Å². The van der Waals surface area contributed by atoms with Crippen LogP contribution in [0.3, 0.4) is 0 Å². The molecule has 0 spiro atoms. The van der Waals surface area contributed by atoms with Gasteiger partial charge in [-0.05, 0) is 43.9 Å². The lowest BCUT2D eigenvalue weighted by atomic mass is 10.0. The molecular formula is C26H27F4N5O4. The minimum absolute atomic E-state index is 0.0251. The van der Waals surface area contributed by atoms with Crippen molar-refractivity contribution in [3.63, 3.8) is 0 Å². The van der Waals surface area contributed by atoms with E-state index in [0.29, 0.717) is 18.2 Å². The zero-order chi connectivity index (χ0) is 27.9. The van der Waals surface area contributed by atoms with Crippen LogP contribution < -0.4 is 10.1 Å². The number of hydrogen-bond donors (Lipinski definition) is 2. The molecule has 2 amide bonds. The van der Waals surface area contributed by atoms with Crippen LogP contribution in [0.1, 0.15) is 34.5 Å². The average molecular weight is 550 g/mol. The van der Waals surface area contributed by atoms with Crippen molar-refractivity contribution in [2.45, 2.75) is 38.2 Å². The third-order valence-corrected chi connectivity index (χ3v) is 6.92. The van der Waals surface area contributed by atoms with Gasteiger partial charge in [-0.1, -0.05) is 0 Å². The average Bonchev–Trinajstić information content (AvgIpc) is 3.55. The highest BCUT2D eigenvalue weighted by Gasteiger charge is 2.37. The molecule has 0 bridgehead atoms. The summed E-state index contributed by atoms with van der Waals surface area (Å²) in [7, 11) is 1.36. The number of aromatic nitrogens is 3. The lowest BCUT2D eigenvalue weighted by Gasteiger charge is -2.16. The topological polar surface area (TPSA) is 109 Å². The number of hydrogen-bond acceptors (Lipinski definition) is 6. The zero-order valence-electron chi connectivity index (χ0n) is 21.3. The van der Waals surface area contributed by atoms with E-state index < -0.39 is 35.8 Å². The highest BCUT2D eigenvalue weighted by molar-refractivity contribution is 6.09. The third kappa shape index (κ3) is 5.54. The van der Waals surface area contributed by atoms with Gasteiger partial charge < -0.3 is 24.7 Å². The van der Waals surface area contributed by atoms with Crippen LogP contribution in [0, 0.1) is 12.8 Å². The Labute approximate surface area is 220 Å². The molecule has 2 N–H and O–H groups in total. The van der Waals surface area contributed by atoms with Crippen LogP contribution in [-0.4, -0.2) is 77.3 Å². The van der Waals surface area contributed by atoms with Crippen LogP contribution in [0.2, 0.25) is 0 Å². The molecule has 0 unspecified atom stereocenters. The Morgan fingerprint density at radius 1 is 1.21 bits per heavy atom. The van der Waals surface area contributed by atoms with Crippen molar-refractivity contribution in [1.29, 1.82) is 0 Å². The molecule has 2 aliphatic rings. The molecule has 5 rings (SSSR count). The standard InChI is InChI=1S/C26H27F4N5O4/c1-13-21(25(37)34-18-9-35(8-17(18)27)20(36)11-38-2)23-24(33-13)22(31-12-32-23)16-7-15(26(28,29)30)5-6-19(16)39-10-14-3-4-14/h5-7,12,14,17-18,33H,3-4,8-11H2,1-2H3,(H,34,37)/t17-,18-/m1/s1. The van der Waals surface area contributed by atoms with Gasteiger partial charge in [0.1, 0.15) is 36.1 Å². The number of amides is 2. The number of methoxy groups -OCH3 is 1. The number of carbonyl (C=O) groups excluding carboxylic acids is 2. The number of H-pyrrole nitrogens is 1. The Morgan fingerprint density at radius 2 is 1.97 bits per heavy atom. The second kappa shape index (κ2) is 10.4. The number of carbonyl (C=O) groups is 2.